The highest BCUT2D eigenvalue weighted by molar-refractivity contribution is 9.09. The van der Waals surface area contributed by atoms with Crippen molar-refractivity contribution in [1.82, 2.24) is 0 Å². The van der Waals surface area contributed by atoms with Crippen molar-refractivity contribution < 1.29 is 0 Å². The van der Waals surface area contributed by atoms with Gasteiger partial charge in [0.25, 0.3) is 0 Å². The van der Waals surface area contributed by atoms with Gasteiger partial charge in [-0.3, -0.25) is 0 Å². The van der Waals surface area contributed by atoms with Crippen LogP contribution in [0.25, 0.3) is 0 Å². The largest absolute Gasteiger partial charge is 0.0918 e. The summed E-state index contributed by atoms with van der Waals surface area (Å²) in [6.45, 7) is 4.40. The van der Waals surface area contributed by atoms with E-state index in [-0.39, 0.29) is 5.41 Å². The smallest absolute Gasteiger partial charge is 0.0147 e. The van der Waals surface area contributed by atoms with Crippen molar-refractivity contribution in [2.45, 2.75) is 44.9 Å². The molecule has 2 heteroatoms. The molecule has 0 saturated heterocycles. The second-order valence-electron chi connectivity index (χ2n) is 4.87. The van der Waals surface area contributed by atoms with Crippen LogP contribution in [0.4, 0.5) is 0 Å². The fraction of sp³-hybridized carbons (Fsp3) is 0.600. The lowest BCUT2D eigenvalue weighted by Gasteiger charge is -2.31. The van der Waals surface area contributed by atoms with Gasteiger partial charge in [-0.05, 0) is 18.9 Å². The van der Waals surface area contributed by atoms with Gasteiger partial charge >= 0.3 is 0 Å². The van der Waals surface area contributed by atoms with Crippen molar-refractivity contribution in [3.05, 3.63) is 35.4 Å². The Hall–Kier alpha value is 0.180. The average Bonchev–Trinajstić information content (AvgIpc) is 2.37. The number of aryl methyl sites for hydroxylation is 1. The molecule has 1 aromatic rings. The Morgan fingerprint density at radius 2 is 1.59 bits per heavy atom. The third-order valence-corrected chi connectivity index (χ3v) is 5.58. The van der Waals surface area contributed by atoms with Crippen molar-refractivity contribution in [3.63, 3.8) is 0 Å². The Morgan fingerprint density at radius 1 is 1.00 bits per heavy atom. The molecule has 0 spiro atoms. The van der Waals surface area contributed by atoms with Crippen molar-refractivity contribution in [2.75, 3.05) is 10.7 Å². The fourth-order valence-corrected chi connectivity index (χ4v) is 4.23. The molecule has 0 nitrogen and oxygen atoms in total. The Kier molecular flexibility index (Phi) is 6.79. The van der Waals surface area contributed by atoms with E-state index in [4.69, 9.17) is 0 Å². The van der Waals surface area contributed by atoms with E-state index >= 15 is 0 Å². The van der Waals surface area contributed by atoms with Gasteiger partial charge in [0.05, 0.1) is 0 Å². The number of rotatable bonds is 7. The molecule has 0 N–H and O–H groups in total. The SMILES string of the molecule is CCCCCC(CBr)(CBr)c1ccc(C)cc1. The van der Waals surface area contributed by atoms with Crippen molar-refractivity contribution in [1.29, 1.82) is 0 Å². The van der Waals surface area contributed by atoms with E-state index in [0.717, 1.165) is 10.7 Å². The number of hydrogen-bond donors (Lipinski definition) is 0. The van der Waals surface area contributed by atoms with E-state index in [9.17, 15) is 0 Å². The zero-order valence-corrected chi connectivity index (χ0v) is 14.0. The summed E-state index contributed by atoms with van der Waals surface area (Å²) in [5.74, 6) is 0. The van der Waals surface area contributed by atoms with E-state index in [2.05, 4.69) is 70.0 Å². The van der Waals surface area contributed by atoms with Crippen LogP contribution in [0.2, 0.25) is 0 Å². The third kappa shape index (κ3) is 4.10. The Morgan fingerprint density at radius 3 is 2.06 bits per heavy atom. The molecule has 0 aliphatic heterocycles. The maximum absolute atomic E-state index is 3.71. The number of alkyl halides is 2. The van der Waals surface area contributed by atoms with E-state index in [1.54, 1.807) is 0 Å². The summed E-state index contributed by atoms with van der Waals surface area (Å²) in [4.78, 5) is 0. The maximum Gasteiger partial charge on any atom is 0.0147 e. The van der Waals surface area contributed by atoms with Crippen molar-refractivity contribution >= 4 is 31.9 Å². The molecular weight excluding hydrogens is 340 g/mol. The molecule has 0 bridgehead atoms. The molecule has 0 aromatic heterocycles. The molecule has 0 atom stereocenters. The molecule has 17 heavy (non-hydrogen) atoms. The van der Waals surface area contributed by atoms with Gasteiger partial charge in [-0.1, -0.05) is 87.9 Å². The summed E-state index contributed by atoms with van der Waals surface area (Å²) < 4.78 is 0. The van der Waals surface area contributed by atoms with Crippen LogP contribution in [-0.2, 0) is 5.41 Å². The normalized spacial score (nSPS) is 11.8. The predicted molar refractivity (Wildman–Crippen MR) is 84.6 cm³/mol. The number of benzene rings is 1. The van der Waals surface area contributed by atoms with Gasteiger partial charge in [-0.15, -0.1) is 0 Å². The minimum Gasteiger partial charge on any atom is -0.0918 e. The Bertz CT molecular complexity index is 312. The van der Waals surface area contributed by atoms with Gasteiger partial charge in [0.2, 0.25) is 0 Å². The topological polar surface area (TPSA) is 0 Å². The first-order valence-corrected chi connectivity index (χ1v) is 8.62. The molecule has 0 heterocycles. The van der Waals surface area contributed by atoms with Gasteiger partial charge in [-0.25, -0.2) is 0 Å². The first-order valence-electron chi connectivity index (χ1n) is 6.37. The lowest BCUT2D eigenvalue weighted by molar-refractivity contribution is 0.471. The number of halogens is 2. The zero-order chi connectivity index (χ0) is 12.7. The monoisotopic (exact) mass is 360 g/mol. The fourth-order valence-electron chi connectivity index (χ4n) is 2.09. The first kappa shape index (κ1) is 15.2. The van der Waals surface area contributed by atoms with E-state index in [1.807, 2.05) is 0 Å². The Balaban J connectivity index is 2.85. The standard InChI is InChI=1S/C15H22Br2/c1-3-4-5-10-15(11-16,12-17)14-8-6-13(2)7-9-14/h6-9H,3-5,10-12H2,1-2H3. The van der Waals surface area contributed by atoms with Gasteiger partial charge in [0, 0.05) is 16.1 Å². The van der Waals surface area contributed by atoms with Crippen LogP contribution in [0.15, 0.2) is 24.3 Å². The second-order valence-corrected chi connectivity index (χ2v) is 5.99. The molecule has 1 rings (SSSR count). The van der Waals surface area contributed by atoms with Gasteiger partial charge in [-0.2, -0.15) is 0 Å². The highest BCUT2D eigenvalue weighted by atomic mass is 79.9. The van der Waals surface area contributed by atoms with Gasteiger partial charge in [0.1, 0.15) is 0 Å². The second kappa shape index (κ2) is 7.58. The summed E-state index contributed by atoms with van der Waals surface area (Å²) in [5, 5.41) is 2.05. The molecule has 96 valence electrons. The summed E-state index contributed by atoms with van der Waals surface area (Å²) in [6, 6.07) is 9.00. The van der Waals surface area contributed by atoms with Crippen molar-refractivity contribution in [2.24, 2.45) is 0 Å². The van der Waals surface area contributed by atoms with E-state index in [0.29, 0.717) is 0 Å². The summed E-state index contributed by atoms with van der Waals surface area (Å²) >= 11 is 7.42. The minimum atomic E-state index is 0.253. The Labute approximate surface area is 122 Å². The first-order chi connectivity index (χ1) is 8.18. The molecule has 0 unspecified atom stereocenters. The van der Waals surface area contributed by atoms with Gasteiger partial charge in [0.15, 0.2) is 0 Å². The minimum absolute atomic E-state index is 0.253. The molecule has 0 radical (unpaired) electrons. The van der Waals surface area contributed by atoms with Crippen LogP contribution >= 0.6 is 31.9 Å². The van der Waals surface area contributed by atoms with Crippen LogP contribution in [0, 0.1) is 6.92 Å². The summed E-state index contributed by atoms with van der Waals surface area (Å²) in [7, 11) is 0. The predicted octanol–water partition coefficient (Wildman–Crippen LogP) is 5.60. The average molecular weight is 362 g/mol. The van der Waals surface area contributed by atoms with E-state index in [1.165, 1.54) is 36.8 Å². The van der Waals surface area contributed by atoms with Crippen LogP contribution < -0.4 is 0 Å². The lowest BCUT2D eigenvalue weighted by atomic mass is 9.79. The maximum atomic E-state index is 3.71. The quantitative estimate of drug-likeness (QED) is 0.437. The molecule has 0 aliphatic rings. The lowest BCUT2D eigenvalue weighted by Crippen LogP contribution is -2.30. The van der Waals surface area contributed by atoms with Crippen LogP contribution in [-0.4, -0.2) is 10.7 Å². The summed E-state index contributed by atoms with van der Waals surface area (Å²) in [5.41, 5.74) is 3.04. The van der Waals surface area contributed by atoms with Crippen molar-refractivity contribution in [3.8, 4) is 0 Å². The summed E-state index contributed by atoms with van der Waals surface area (Å²) in [6.07, 6.45) is 5.17. The van der Waals surface area contributed by atoms with E-state index < -0.39 is 0 Å². The number of hydrogen-bond acceptors (Lipinski definition) is 0. The molecular formula is C15H22Br2. The van der Waals surface area contributed by atoms with Crippen LogP contribution in [0.5, 0.6) is 0 Å². The molecule has 0 amide bonds. The molecule has 0 saturated carbocycles. The molecule has 0 fully saturated rings. The number of unbranched alkanes of at least 4 members (excludes halogenated alkanes) is 2. The highest BCUT2D eigenvalue weighted by Crippen LogP contribution is 2.34. The zero-order valence-electron chi connectivity index (χ0n) is 10.8. The highest BCUT2D eigenvalue weighted by Gasteiger charge is 2.29. The molecule has 1 aromatic carbocycles. The van der Waals surface area contributed by atoms with Crippen LogP contribution in [0.3, 0.4) is 0 Å². The van der Waals surface area contributed by atoms with Crippen LogP contribution in [0.1, 0.15) is 43.7 Å². The third-order valence-electron chi connectivity index (χ3n) is 3.43. The van der Waals surface area contributed by atoms with Gasteiger partial charge < -0.3 is 0 Å². The molecule has 0 aliphatic carbocycles.